The number of rotatable bonds is 2. The van der Waals surface area contributed by atoms with Crippen molar-refractivity contribution in [2.75, 3.05) is 7.11 Å². The van der Waals surface area contributed by atoms with Crippen LogP contribution in [0.1, 0.15) is 39.5 Å². The molecule has 0 heterocycles. The van der Waals surface area contributed by atoms with E-state index in [1.54, 1.807) is 0 Å². The van der Waals surface area contributed by atoms with Crippen LogP contribution in [0.5, 0.6) is 0 Å². The Morgan fingerprint density at radius 1 is 1.06 bits per heavy atom. The van der Waals surface area contributed by atoms with Crippen molar-refractivity contribution in [1.29, 1.82) is 0 Å². The fraction of sp³-hybridized carbons (Fsp3) is 0.467. The summed E-state index contributed by atoms with van der Waals surface area (Å²) in [5, 5.41) is 0. The minimum atomic E-state index is 0. The fourth-order valence-corrected chi connectivity index (χ4v) is 1.39. The predicted molar refractivity (Wildman–Crippen MR) is 74.5 cm³/mol. The van der Waals surface area contributed by atoms with E-state index < -0.39 is 0 Å². The summed E-state index contributed by atoms with van der Waals surface area (Å²) < 4.78 is 3.72. The molecule has 0 aliphatic heterocycles. The van der Waals surface area contributed by atoms with E-state index >= 15 is 0 Å². The molecule has 0 radical (unpaired) electrons. The Balaban J connectivity index is 0. The van der Waals surface area contributed by atoms with Gasteiger partial charge in [0.25, 0.3) is 0 Å². The van der Waals surface area contributed by atoms with Crippen molar-refractivity contribution in [3.8, 4) is 0 Å². The standard InChI is InChI=1S/2C7H9.CH3ClO.Zr/c2*1-2-7-5-3-4-6-7;1-3-2;/h2*3,5H,2,4H2,1H3;1H3;/q2*-1;;+2. The van der Waals surface area contributed by atoms with Crippen LogP contribution in [0.2, 0.25) is 0 Å². The van der Waals surface area contributed by atoms with Crippen molar-refractivity contribution in [3.63, 3.8) is 0 Å². The molecule has 0 fully saturated rings. The maximum absolute atomic E-state index is 4.50. The van der Waals surface area contributed by atoms with Gasteiger partial charge in [-0.3, -0.25) is 16.4 Å². The molecule has 98 valence electrons. The smallest absolute Gasteiger partial charge is 0.283 e. The van der Waals surface area contributed by atoms with Crippen LogP contribution in [0.4, 0.5) is 0 Å². The third kappa shape index (κ3) is 11.2. The number of hydrogen-bond donors (Lipinski definition) is 0. The molecule has 2 aliphatic carbocycles. The molecule has 18 heavy (non-hydrogen) atoms. The summed E-state index contributed by atoms with van der Waals surface area (Å²) in [6.07, 6.45) is 19.3. The summed E-state index contributed by atoms with van der Waals surface area (Å²) in [5.74, 6) is 0. The van der Waals surface area contributed by atoms with Crippen molar-refractivity contribution in [3.05, 3.63) is 47.6 Å². The first-order chi connectivity index (χ1) is 8.28. The summed E-state index contributed by atoms with van der Waals surface area (Å²) in [6, 6.07) is 0. The maximum Gasteiger partial charge on any atom is 2.00 e. The largest absolute Gasteiger partial charge is 2.00 e. The predicted octanol–water partition coefficient (Wildman–Crippen LogP) is 4.96. The first-order valence-electron chi connectivity index (χ1n) is 5.95. The third-order valence-corrected chi connectivity index (χ3v) is 2.29. The third-order valence-electron chi connectivity index (χ3n) is 2.29. The zero-order chi connectivity index (χ0) is 12.9. The molecule has 2 rings (SSSR count). The van der Waals surface area contributed by atoms with E-state index in [1.807, 2.05) is 0 Å². The van der Waals surface area contributed by atoms with Crippen LogP contribution in [-0.4, -0.2) is 7.11 Å². The first-order valence-corrected chi connectivity index (χ1v) is 6.26. The Kier molecular flexibility index (Phi) is 17.2. The number of halogens is 1. The summed E-state index contributed by atoms with van der Waals surface area (Å²) in [5.41, 5.74) is 2.72. The fourth-order valence-electron chi connectivity index (χ4n) is 1.39. The van der Waals surface area contributed by atoms with E-state index in [0.717, 1.165) is 25.7 Å². The second-order valence-electron chi connectivity index (χ2n) is 3.48. The average molecular weight is 344 g/mol. The molecule has 0 atom stereocenters. The van der Waals surface area contributed by atoms with Gasteiger partial charge in [-0.25, -0.2) is 23.3 Å². The Morgan fingerprint density at radius 2 is 1.39 bits per heavy atom. The van der Waals surface area contributed by atoms with Gasteiger partial charge in [-0.2, -0.15) is 12.2 Å². The molecular formula is C15H21ClOZr. The SMILES string of the molecule is CCC1=[C-]CC=C1.CCC1=[C-]CC=C1.COCl.[Zr+2]. The van der Waals surface area contributed by atoms with Crippen LogP contribution >= 0.6 is 11.9 Å². The zero-order valence-electron chi connectivity index (χ0n) is 11.4. The van der Waals surface area contributed by atoms with Crippen molar-refractivity contribution in [2.45, 2.75) is 39.5 Å². The minimum Gasteiger partial charge on any atom is -0.283 e. The summed E-state index contributed by atoms with van der Waals surface area (Å²) in [4.78, 5) is 0. The molecule has 0 unspecified atom stereocenters. The van der Waals surface area contributed by atoms with Crippen molar-refractivity contribution >= 4 is 11.9 Å². The van der Waals surface area contributed by atoms with Gasteiger partial charge in [0, 0.05) is 0 Å². The minimum absolute atomic E-state index is 0. The maximum atomic E-state index is 4.50. The monoisotopic (exact) mass is 342 g/mol. The molecule has 3 heteroatoms. The molecule has 0 saturated heterocycles. The van der Waals surface area contributed by atoms with E-state index in [1.165, 1.54) is 18.3 Å². The van der Waals surface area contributed by atoms with Gasteiger partial charge in [-0.1, -0.05) is 26.7 Å². The molecule has 0 saturated carbocycles. The number of allylic oxidation sites excluding steroid dienone is 8. The number of hydrogen-bond acceptors (Lipinski definition) is 1. The van der Waals surface area contributed by atoms with Gasteiger partial charge < -0.3 is 0 Å². The van der Waals surface area contributed by atoms with E-state index in [4.69, 9.17) is 0 Å². The van der Waals surface area contributed by atoms with Gasteiger partial charge in [0.05, 0.1) is 19.0 Å². The quantitative estimate of drug-likeness (QED) is 0.644. The van der Waals surface area contributed by atoms with Crippen LogP contribution in [-0.2, 0) is 30.5 Å². The molecule has 0 N–H and O–H groups in total. The molecular weight excluding hydrogens is 323 g/mol. The topological polar surface area (TPSA) is 9.23 Å². The molecule has 2 aliphatic rings. The van der Waals surface area contributed by atoms with Crippen molar-refractivity contribution in [2.24, 2.45) is 0 Å². The Morgan fingerprint density at radius 3 is 1.50 bits per heavy atom. The molecule has 1 nitrogen and oxygen atoms in total. The average Bonchev–Trinajstić information content (AvgIpc) is 3.04. The Bertz CT molecular complexity index is 274. The summed E-state index contributed by atoms with van der Waals surface area (Å²) in [6.45, 7) is 4.30. The molecule has 0 amide bonds. The first kappa shape index (κ1) is 20.4. The summed E-state index contributed by atoms with van der Waals surface area (Å²) >= 11 is 4.50. The second kappa shape index (κ2) is 15.2. The molecule has 0 aromatic carbocycles. The van der Waals surface area contributed by atoms with E-state index in [0.29, 0.717) is 0 Å². The van der Waals surface area contributed by atoms with Crippen LogP contribution < -0.4 is 0 Å². The Hall–Kier alpha value is 0.0931. The molecule has 0 bridgehead atoms. The van der Waals surface area contributed by atoms with Crippen LogP contribution in [0, 0.1) is 12.2 Å². The molecule has 0 aromatic rings. The van der Waals surface area contributed by atoms with Crippen LogP contribution in [0.25, 0.3) is 0 Å². The second-order valence-corrected chi connectivity index (χ2v) is 3.79. The van der Waals surface area contributed by atoms with Gasteiger partial charge in [0.15, 0.2) is 0 Å². The van der Waals surface area contributed by atoms with Crippen molar-refractivity contribution in [1.82, 2.24) is 0 Å². The Labute approximate surface area is 136 Å². The van der Waals surface area contributed by atoms with Gasteiger partial charge in [0.2, 0.25) is 0 Å². The van der Waals surface area contributed by atoms with E-state index in [9.17, 15) is 0 Å². The zero-order valence-corrected chi connectivity index (χ0v) is 14.6. The van der Waals surface area contributed by atoms with Crippen molar-refractivity contribution < 1.29 is 30.5 Å². The van der Waals surface area contributed by atoms with Gasteiger partial charge >= 0.3 is 26.2 Å². The molecule has 0 spiro atoms. The summed E-state index contributed by atoms with van der Waals surface area (Å²) in [7, 11) is 1.39. The molecule has 0 aromatic heterocycles. The normalized spacial score (nSPS) is 14.7. The van der Waals surface area contributed by atoms with Gasteiger partial charge in [0.1, 0.15) is 0 Å². The van der Waals surface area contributed by atoms with Gasteiger partial charge in [-0.05, 0) is 0 Å². The van der Waals surface area contributed by atoms with Crippen LogP contribution in [0.15, 0.2) is 35.5 Å². The van der Waals surface area contributed by atoms with E-state index in [2.05, 4.69) is 66.5 Å². The van der Waals surface area contributed by atoms with E-state index in [-0.39, 0.29) is 26.2 Å². The van der Waals surface area contributed by atoms with Gasteiger partial charge in [-0.15, -0.1) is 12.8 Å². The van der Waals surface area contributed by atoms with Crippen LogP contribution in [0.3, 0.4) is 0 Å².